The summed E-state index contributed by atoms with van der Waals surface area (Å²) >= 11 is 0. The summed E-state index contributed by atoms with van der Waals surface area (Å²) in [6.45, 7) is 1.01. The molecule has 3 aliphatic rings. The molecule has 3 aromatic rings. The topological polar surface area (TPSA) is 135 Å². The molecule has 2 aromatic carbocycles. The number of hydrogen-bond acceptors (Lipinski definition) is 8. The number of nitriles is 1. The number of piperazine rings is 1. The molecular formula is C28H24N6O4. The number of benzene rings is 2. The van der Waals surface area contributed by atoms with Gasteiger partial charge in [-0.1, -0.05) is 24.3 Å². The molecule has 2 N–H and O–H groups in total. The number of carbonyl (C=O) groups is 2. The number of ether oxygens (including phenoxy) is 2. The molecule has 2 unspecified atom stereocenters. The number of nitrogens with zero attached hydrogens (tertiary/aromatic N) is 5. The van der Waals surface area contributed by atoms with Crippen molar-refractivity contribution >= 4 is 17.8 Å². The van der Waals surface area contributed by atoms with Crippen LogP contribution in [0.15, 0.2) is 72.4 Å². The first-order valence-corrected chi connectivity index (χ1v) is 12.4. The largest absolute Gasteiger partial charge is 0.457 e. The van der Waals surface area contributed by atoms with Gasteiger partial charge in [0.1, 0.15) is 34.5 Å². The summed E-state index contributed by atoms with van der Waals surface area (Å²) < 4.78 is 11.7. The number of amides is 2. The van der Waals surface area contributed by atoms with Crippen LogP contribution in [0.2, 0.25) is 0 Å². The number of hydrogen-bond donors (Lipinski definition) is 1. The predicted molar refractivity (Wildman–Crippen MR) is 137 cm³/mol. The van der Waals surface area contributed by atoms with Crippen molar-refractivity contribution in [3.8, 4) is 29.2 Å². The number of primary amides is 1. The van der Waals surface area contributed by atoms with Gasteiger partial charge in [-0.15, -0.1) is 0 Å². The number of allylic oxidation sites excluding steroid dienone is 1. The number of nitrogens with two attached hydrogens (primary N) is 1. The van der Waals surface area contributed by atoms with Gasteiger partial charge in [-0.2, -0.15) is 10.2 Å². The van der Waals surface area contributed by atoms with Crippen molar-refractivity contribution < 1.29 is 19.1 Å². The lowest BCUT2D eigenvalue weighted by Crippen LogP contribution is -2.80. The van der Waals surface area contributed by atoms with E-state index in [1.807, 2.05) is 35.2 Å². The van der Waals surface area contributed by atoms with Gasteiger partial charge in [-0.05, 0) is 55.2 Å². The quantitative estimate of drug-likeness (QED) is 0.361. The van der Waals surface area contributed by atoms with Gasteiger partial charge in [-0.3, -0.25) is 9.59 Å². The van der Waals surface area contributed by atoms with E-state index >= 15 is 0 Å². The van der Waals surface area contributed by atoms with Gasteiger partial charge in [0.25, 0.3) is 11.8 Å². The van der Waals surface area contributed by atoms with Crippen molar-refractivity contribution in [3.63, 3.8) is 0 Å². The standard InChI is InChI=1S/C28H24N6O4/c29-13-18(12-17-6-7-17)27(36)33-15-24-23(33)16-34(24)28-31-14-22(25(30)35)26(32-28)38-21-10-8-20(9-11-21)37-19-4-2-1-3-5-19/h1-5,8-12,14,17,23-24H,6-7,15-16H2,(H2,30,35). The fourth-order valence-corrected chi connectivity index (χ4v) is 4.58. The lowest BCUT2D eigenvalue weighted by Gasteiger charge is -2.61. The molecule has 3 heterocycles. The molecule has 2 atom stereocenters. The van der Waals surface area contributed by atoms with Crippen LogP contribution in [0.1, 0.15) is 23.2 Å². The van der Waals surface area contributed by atoms with Crippen molar-refractivity contribution in [1.29, 1.82) is 5.26 Å². The molecule has 10 nitrogen and oxygen atoms in total. The van der Waals surface area contributed by atoms with E-state index in [9.17, 15) is 14.9 Å². The van der Waals surface area contributed by atoms with Crippen LogP contribution in [-0.4, -0.2) is 51.9 Å². The SMILES string of the molecule is N#CC(=CC1CC1)C(=O)N1CC2C1CN2c1ncc(C(N)=O)c(Oc2ccc(Oc3ccccc3)cc2)n1. The van der Waals surface area contributed by atoms with Crippen molar-refractivity contribution in [2.45, 2.75) is 24.9 Å². The summed E-state index contributed by atoms with van der Waals surface area (Å²) in [5, 5.41) is 9.39. The summed E-state index contributed by atoms with van der Waals surface area (Å²) in [7, 11) is 0. The molecule has 38 heavy (non-hydrogen) atoms. The van der Waals surface area contributed by atoms with E-state index in [1.54, 1.807) is 35.2 Å². The first-order chi connectivity index (χ1) is 18.5. The molecule has 0 bridgehead atoms. The Morgan fingerprint density at radius 3 is 2.26 bits per heavy atom. The molecule has 1 aliphatic carbocycles. The van der Waals surface area contributed by atoms with Gasteiger partial charge in [-0.25, -0.2) is 4.98 Å². The minimum atomic E-state index is -0.705. The first kappa shape index (κ1) is 23.5. The Balaban J connectivity index is 1.14. The lowest BCUT2D eigenvalue weighted by molar-refractivity contribution is -0.139. The van der Waals surface area contributed by atoms with E-state index in [-0.39, 0.29) is 35.0 Å². The van der Waals surface area contributed by atoms with E-state index in [0.717, 1.165) is 12.8 Å². The number of likely N-dealkylation sites (tertiary alicyclic amines) is 1. The second kappa shape index (κ2) is 9.52. The van der Waals surface area contributed by atoms with Crippen molar-refractivity contribution in [2.75, 3.05) is 18.0 Å². The van der Waals surface area contributed by atoms with Crippen LogP contribution in [0.3, 0.4) is 0 Å². The Hall–Kier alpha value is -4.91. The van der Waals surface area contributed by atoms with Crippen molar-refractivity contribution in [1.82, 2.24) is 14.9 Å². The lowest BCUT2D eigenvalue weighted by atomic mass is 9.85. The van der Waals surface area contributed by atoms with Crippen LogP contribution in [0.25, 0.3) is 0 Å². The Morgan fingerprint density at radius 1 is 0.974 bits per heavy atom. The Morgan fingerprint density at radius 2 is 1.66 bits per heavy atom. The zero-order chi connectivity index (χ0) is 26.2. The maximum absolute atomic E-state index is 12.8. The Labute approximate surface area is 218 Å². The first-order valence-electron chi connectivity index (χ1n) is 12.4. The zero-order valence-electron chi connectivity index (χ0n) is 20.4. The molecular weight excluding hydrogens is 484 g/mol. The fraction of sp³-hybridized carbons (Fsp3) is 0.250. The minimum Gasteiger partial charge on any atom is -0.457 e. The highest BCUT2D eigenvalue weighted by atomic mass is 16.5. The highest BCUT2D eigenvalue weighted by Gasteiger charge is 2.55. The third-order valence-electron chi connectivity index (χ3n) is 6.93. The highest BCUT2D eigenvalue weighted by Crippen LogP contribution is 2.39. The predicted octanol–water partition coefficient (Wildman–Crippen LogP) is 3.42. The van der Waals surface area contributed by atoms with E-state index in [4.69, 9.17) is 15.2 Å². The summed E-state index contributed by atoms with van der Waals surface area (Å²) in [5.41, 5.74) is 5.82. The smallest absolute Gasteiger partial charge is 0.264 e. The van der Waals surface area contributed by atoms with Gasteiger partial charge in [0.05, 0.1) is 12.1 Å². The van der Waals surface area contributed by atoms with E-state index in [0.29, 0.717) is 42.2 Å². The third kappa shape index (κ3) is 4.50. The molecule has 2 aliphatic heterocycles. The second-order valence-corrected chi connectivity index (χ2v) is 9.52. The third-order valence-corrected chi connectivity index (χ3v) is 6.93. The summed E-state index contributed by atoms with van der Waals surface area (Å²) in [5.74, 6) is 1.66. The number of aromatic nitrogens is 2. The minimum absolute atomic E-state index is 0.000558. The molecule has 190 valence electrons. The van der Waals surface area contributed by atoms with Gasteiger partial charge >= 0.3 is 0 Å². The van der Waals surface area contributed by atoms with Gasteiger partial charge in [0.15, 0.2) is 0 Å². The van der Waals surface area contributed by atoms with Crippen LogP contribution in [0.5, 0.6) is 23.1 Å². The molecule has 1 saturated carbocycles. The summed E-state index contributed by atoms with van der Waals surface area (Å²) in [6, 6.07) is 18.4. The number of rotatable bonds is 8. The molecule has 1 aromatic heterocycles. The molecule has 2 amide bonds. The maximum atomic E-state index is 12.8. The Bertz CT molecular complexity index is 1460. The van der Waals surface area contributed by atoms with E-state index in [2.05, 4.69) is 16.0 Å². The van der Waals surface area contributed by atoms with E-state index < -0.39 is 5.91 Å². The highest BCUT2D eigenvalue weighted by molar-refractivity contribution is 5.98. The van der Waals surface area contributed by atoms with Gasteiger partial charge < -0.3 is 25.0 Å². The van der Waals surface area contributed by atoms with Crippen LogP contribution < -0.4 is 20.1 Å². The average Bonchev–Trinajstić information content (AvgIpc) is 3.74. The second-order valence-electron chi connectivity index (χ2n) is 9.52. The van der Waals surface area contributed by atoms with Gasteiger partial charge in [0, 0.05) is 19.3 Å². The zero-order valence-corrected chi connectivity index (χ0v) is 20.4. The molecule has 0 spiro atoms. The number of fused-ring (bicyclic) bond motifs is 1. The van der Waals surface area contributed by atoms with Crippen molar-refractivity contribution in [3.05, 3.63) is 78.0 Å². The summed E-state index contributed by atoms with van der Waals surface area (Å²) in [6.07, 6.45) is 5.22. The van der Waals surface area contributed by atoms with Crippen LogP contribution in [0, 0.1) is 17.2 Å². The van der Waals surface area contributed by atoms with Crippen LogP contribution >= 0.6 is 0 Å². The summed E-state index contributed by atoms with van der Waals surface area (Å²) in [4.78, 5) is 37.3. The maximum Gasteiger partial charge on any atom is 0.264 e. The molecule has 3 fully saturated rings. The molecule has 6 rings (SSSR count). The number of carbonyl (C=O) groups excluding carboxylic acids is 2. The number of anilines is 1. The van der Waals surface area contributed by atoms with Crippen LogP contribution in [-0.2, 0) is 4.79 Å². The fourth-order valence-electron chi connectivity index (χ4n) is 4.58. The van der Waals surface area contributed by atoms with Crippen molar-refractivity contribution in [2.24, 2.45) is 11.7 Å². The monoisotopic (exact) mass is 508 g/mol. The number of para-hydroxylation sites is 1. The van der Waals surface area contributed by atoms with Crippen LogP contribution in [0.4, 0.5) is 5.95 Å². The van der Waals surface area contributed by atoms with E-state index in [1.165, 1.54) is 6.20 Å². The molecule has 10 heteroatoms. The normalized spacial score (nSPS) is 19.9. The Kier molecular flexibility index (Phi) is 5.88. The molecule has 2 saturated heterocycles. The molecule has 0 radical (unpaired) electrons. The average molecular weight is 509 g/mol. The van der Waals surface area contributed by atoms with Gasteiger partial charge in [0.2, 0.25) is 11.8 Å².